The topological polar surface area (TPSA) is 49.9 Å². The minimum Gasteiger partial charge on any atom is -0.472 e. The van der Waals surface area contributed by atoms with Crippen molar-refractivity contribution >= 4 is 0 Å². The molecule has 1 aromatic heterocycles. The zero-order chi connectivity index (χ0) is 12.0. The number of rotatable bonds is 7. The summed E-state index contributed by atoms with van der Waals surface area (Å²) in [4.78, 5) is 0. The molecular formula is C12H23N3O. The van der Waals surface area contributed by atoms with Crippen LogP contribution in [0.5, 0.6) is 5.88 Å². The molecule has 16 heavy (non-hydrogen) atoms. The predicted octanol–water partition coefficient (Wildman–Crippen LogP) is 2.26. The van der Waals surface area contributed by atoms with Gasteiger partial charge in [-0.15, -0.1) is 5.10 Å². The summed E-state index contributed by atoms with van der Waals surface area (Å²) >= 11 is 0. The number of aromatic amines is 1. The van der Waals surface area contributed by atoms with Gasteiger partial charge in [-0.3, -0.25) is 5.10 Å². The van der Waals surface area contributed by atoms with E-state index in [1.54, 1.807) is 0 Å². The van der Waals surface area contributed by atoms with Crippen LogP contribution >= 0.6 is 0 Å². The van der Waals surface area contributed by atoms with E-state index in [9.17, 15) is 0 Å². The van der Waals surface area contributed by atoms with Gasteiger partial charge >= 0.3 is 0 Å². The van der Waals surface area contributed by atoms with Gasteiger partial charge in [0.15, 0.2) is 0 Å². The van der Waals surface area contributed by atoms with Gasteiger partial charge in [-0.2, -0.15) is 0 Å². The molecule has 0 aliphatic rings. The third kappa shape index (κ3) is 4.66. The fourth-order valence-corrected chi connectivity index (χ4v) is 1.52. The lowest BCUT2D eigenvalue weighted by molar-refractivity contribution is 0.176. The zero-order valence-corrected chi connectivity index (χ0v) is 10.7. The first-order valence-electron chi connectivity index (χ1n) is 6.03. The Labute approximate surface area is 97.8 Å². The van der Waals surface area contributed by atoms with Crippen molar-refractivity contribution in [2.24, 2.45) is 0 Å². The number of aromatic nitrogens is 2. The van der Waals surface area contributed by atoms with E-state index in [2.05, 4.69) is 36.3 Å². The largest absolute Gasteiger partial charge is 0.472 e. The van der Waals surface area contributed by atoms with Crippen LogP contribution in [-0.2, 0) is 0 Å². The van der Waals surface area contributed by atoms with E-state index in [1.165, 1.54) is 0 Å². The van der Waals surface area contributed by atoms with Gasteiger partial charge in [0.2, 0.25) is 5.88 Å². The molecule has 4 nitrogen and oxygen atoms in total. The summed E-state index contributed by atoms with van der Waals surface area (Å²) in [6.07, 6.45) is 2.37. The number of nitrogens with one attached hydrogen (secondary N) is 2. The molecular weight excluding hydrogens is 202 g/mol. The SMILES string of the molecule is CCCC(CNC(C)C)Oc1cc(C)[nH]n1. The van der Waals surface area contributed by atoms with Gasteiger partial charge in [0.25, 0.3) is 0 Å². The van der Waals surface area contributed by atoms with E-state index >= 15 is 0 Å². The highest BCUT2D eigenvalue weighted by molar-refractivity contribution is 5.12. The molecule has 0 fully saturated rings. The lowest BCUT2D eigenvalue weighted by atomic mass is 10.2. The summed E-state index contributed by atoms with van der Waals surface area (Å²) in [7, 11) is 0. The van der Waals surface area contributed by atoms with E-state index in [4.69, 9.17) is 4.74 Å². The average Bonchev–Trinajstić information content (AvgIpc) is 2.61. The van der Waals surface area contributed by atoms with Crippen LogP contribution in [0.1, 0.15) is 39.3 Å². The number of ether oxygens (including phenoxy) is 1. The van der Waals surface area contributed by atoms with Crippen LogP contribution in [-0.4, -0.2) is 28.9 Å². The second-order valence-corrected chi connectivity index (χ2v) is 4.48. The molecule has 1 aromatic rings. The Morgan fingerprint density at radius 1 is 1.50 bits per heavy atom. The first-order valence-corrected chi connectivity index (χ1v) is 6.03. The molecule has 1 atom stereocenters. The maximum absolute atomic E-state index is 5.82. The highest BCUT2D eigenvalue weighted by atomic mass is 16.5. The molecule has 0 aliphatic carbocycles. The van der Waals surface area contributed by atoms with Gasteiger partial charge in [0.1, 0.15) is 6.10 Å². The molecule has 1 rings (SSSR count). The molecule has 0 saturated heterocycles. The van der Waals surface area contributed by atoms with Crippen molar-refractivity contribution in [1.29, 1.82) is 0 Å². The molecule has 1 heterocycles. The first-order chi connectivity index (χ1) is 7.61. The minimum absolute atomic E-state index is 0.204. The highest BCUT2D eigenvalue weighted by Gasteiger charge is 2.11. The maximum Gasteiger partial charge on any atom is 0.233 e. The molecule has 0 bridgehead atoms. The normalized spacial score (nSPS) is 13.1. The molecule has 4 heteroatoms. The molecule has 1 unspecified atom stereocenters. The molecule has 0 aromatic carbocycles. The number of aryl methyl sites for hydroxylation is 1. The number of H-pyrrole nitrogens is 1. The summed E-state index contributed by atoms with van der Waals surface area (Å²) in [5.41, 5.74) is 1.03. The van der Waals surface area contributed by atoms with Crippen molar-refractivity contribution in [1.82, 2.24) is 15.5 Å². The fraction of sp³-hybridized carbons (Fsp3) is 0.750. The zero-order valence-electron chi connectivity index (χ0n) is 10.7. The van der Waals surface area contributed by atoms with Crippen LogP contribution in [0.2, 0.25) is 0 Å². The fourth-order valence-electron chi connectivity index (χ4n) is 1.52. The third-order valence-electron chi connectivity index (χ3n) is 2.33. The van der Waals surface area contributed by atoms with Crippen LogP contribution < -0.4 is 10.1 Å². The van der Waals surface area contributed by atoms with E-state index in [1.807, 2.05) is 13.0 Å². The maximum atomic E-state index is 5.82. The first kappa shape index (κ1) is 13.0. The Balaban J connectivity index is 2.43. The molecule has 0 radical (unpaired) electrons. The van der Waals surface area contributed by atoms with Crippen molar-refractivity contribution in [3.05, 3.63) is 11.8 Å². The molecule has 92 valence electrons. The van der Waals surface area contributed by atoms with Crippen LogP contribution in [0.3, 0.4) is 0 Å². The molecule has 0 aliphatic heterocycles. The summed E-state index contributed by atoms with van der Waals surface area (Å²) < 4.78 is 5.82. The number of nitrogens with zero attached hydrogens (tertiary/aromatic N) is 1. The van der Waals surface area contributed by atoms with E-state index < -0.39 is 0 Å². The van der Waals surface area contributed by atoms with E-state index in [0.29, 0.717) is 11.9 Å². The second-order valence-electron chi connectivity index (χ2n) is 4.48. The summed E-state index contributed by atoms with van der Waals surface area (Å²) in [6.45, 7) is 9.30. The van der Waals surface area contributed by atoms with Gasteiger partial charge in [0.05, 0.1) is 0 Å². The van der Waals surface area contributed by atoms with Crippen molar-refractivity contribution in [3.63, 3.8) is 0 Å². The monoisotopic (exact) mass is 225 g/mol. The lowest BCUT2D eigenvalue weighted by Gasteiger charge is -2.18. The van der Waals surface area contributed by atoms with E-state index in [-0.39, 0.29) is 6.10 Å². The Morgan fingerprint density at radius 3 is 2.75 bits per heavy atom. The van der Waals surface area contributed by atoms with Crippen molar-refractivity contribution in [2.45, 2.75) is 52.7 Å². The molecule has 0 saturated carbocycles. The van der Waals surface area contributed by atoms with Crippen LogP contribution in [0, 0.1) is 6.92 Å². The Hall–Kier alpha value is -1.03. The second kappa shape index (κ2) is 6.53. The van der Waals surface area contributed by atoms with Gasteiger partial charge in [-0.25, -0.2) is 0 Å². The average molecular weight is 225 g/mol. The minimum atomic E-state index is 0.204. The van der Waals surface area contributed by atoms with Gasteiger partial charge in [0, 0.05) is 24.3 Å². The predicted molar refractivity (Wildman–Crippen MR) is 65.8 cm³/mol. The lowest BCUT2D eigenvalue weighted by Crippen LogP contribution is -2.35. The highest BCUT2D eigenvalue weighted by Crippen LogP contribution is 2.11. The Bertz CT molecular complexity index is 296. The Kier molecular flexibility index (Phi) is 5.32. The number of hydrogen-bond acceptors (Lipinski definition) is 3. The number of hydrogen-bond donors (Lipinski definition) is 2. The van der Waals surface area contributed by atoms with Crippen molar-refractivity contribution < 1.29 is 4.74 Å². The summed E-state index contributed by atoms with van der Waals surface area (Å²) in [5, 5.41) is 10.4. The summed E-state index contributed by atoms with van der Waals surface area (Å²) in [5.74, 6) is 0.696. The third-order valence-corrected chi connectivity index (χ3v) is 2.33. The Morgan fingerprint density at radius 2 is 2.25 bits per heavy atom. The van der Waals surface area contributed by atoms with Crippen molar-refractivity contribution in [2.75, 3.05) is 6.54 Å². The van der Waals surface area contributed by atoms with Gasteiger partial charge in [-0.05, 0) is 13.3 Å². The summed E-state index contributed by atoms with van der Waals surface area (Å²) in [6, 6.07) is 2.42. The quantitative estimate of drug-likeness (QED) is 0.748. The van der Waals surface area contributed by atoms with Crippen LogP contribution in [0.15, 0.2) is 6.07 Å². The van der Waals surface area contributed by atoms with Crippen LogP contribution in [0.4, 0.5) is 0 Å². The molecule has 0 amide bonds. The molecule has 0 spiro atoms. The smallest absolute Gasteiger partial charge is 0.233 e. The van der Waals surface area contributed by atoms with Crippen molar-refractivity contribution in [3.8, 4) is 5.88 Å². The standard InChI is InChI=1S/C12H23N3O/c1-5-6-11(8-13-9(2)3)16-12-7-10(4)14-15-12/h7,9,11,13H,5-6,8H2,1-4H3,(H,14,15). The van der Waals surface area contributed by atoms with Gasteiger partial charge in [-0.1, -0.05) is 27.2 Å². The van der Waals surface area contributed by atoms with Gasteiger partial charge < -0.3 is 10.1 Å². The molecule has 2 N–H and O–H groups in total. The van der Waals surface area contributed by atoms with E-state index in [0.717, 1.165) is 25.1 Å². The van der Waals surface area contributed by atoms with Crippen LogP contribution in [0.25, 0.3) is 0 Å².